The number of rotatable bonds is 3. The number of benzene rings is 2. The number of nitrogens with zero attached hydrogens (tertiary/aromatic N) is 3. The molecule has 162 valence electrons. The minimum Gasteiger partial charge on any atom is -0.450 e. The molecule has 1 saturated heterocycles. The number of piperazine rings is 1. The van der Waals surface area contributed by atoms with Gasteiger partial charge in [-0.3, -0.25) is 9.79 Å². The predicted molar refractivity (Wildman–Crippen MR) is 123 cm³/mol. The lowest BCUT2D eigenvalue weighted by Crippen LogP contribution is -2.50. The second kappa shape index (κ2) is 9.14. The van der Waals surface area contributed by atoms with E-state index in [1.54, 1.807) is 28.5 Å². The summed E-state index contributed by atoms with van der Waals surface area (Å²) in [7, 11) is 0. The summed E-state index contributed by atoms with van der Waals surface area (Å²) in [6.07, 6.45) is 0.512. The number of ether oxygens (including phenoxy) is 1. The van der Waals surface area contributed by atoms with Crippen molar-refractivity contribution in [1.29, 1.82) is 0 Å². The van der Waals surface area contributed by atoms with Crippen LogP contribution in [0.1, 0.15) is 41.8 Å². The summed E-state index contributed by atoms with van der Waals surface area (Å²) in [4.78, 5) is 35.7. The molecule has 0 saturated carbocycles. The largest absolute Gasteiger partial charge is 0.450 e. The second-order valence-corrected chi connectivity index (χ2v) is 8.76. The molecule has 7 heteroatoms. The SMILES string of the molecule is CCOC(=O)N1CCN(C(=O)c2ccc3c(c2)N=C(CC)c2cc(C)ccc2S3)CC1. The summed E-state index contributed by atoms with van der Waals surface area (Å²) in [5.74, 6) is -0.0258. The van der Waals surface area contributed by atoms with Gasteiger partial charge in [-0.1, -0.05) is 30.3 Å². The van der Waals surface area contributed by atoms with Crippen molar-refractivity contribution < 1.29 is 14.3 Å². The van der Waals surface area contributed by atoms with Gasteiger partial charge in [0, 0.05) is 52.8 Å². The number of carbonyl (C=O) groups excluding carboxylic acids is 2. The van der Waals surface area contributed by atoms with Crippen molar-refractivity contribution >= 4 is 35.2 Å². The molecule has 4 rings (SSSR count). The first-order valence-corrected chi connectivity index (χ1v) is 11.5. The number of carbonyl (C=O) groups is 2. The summed E-state index contributed by atoms with van der Waals surface area (Å²) in [6, 6.07) is 12.2. The minimum absolute atomic E-state index is 0.0258. The molecule has 2 aliphatic rings. The second-order valence-electron chi connectivity index (χ2n) is 7.67. The van der Waals surface area contributed by atoms with Crippen molar-refractivity contribution in [3.8, 4) is 0 Å². The Kier molecular flexibility index (Phi) is 6.32. The molecule has 0 aliphatic carbocycles. The van der Waals surface area contributed by atoms with Crippen LogP contribution in [0.15, 0.2) is 51.2 Å². The van der Waals surface area contributed by atoms with Crippen LogP contribution in [-0.4, -0.2) is 60.3 Å². The first-order valence-electron chi connectivity index (χ1n) is 10.7. The van der Waals surface area contributed by atoms with Gasteiger partial charge in [0.15, 0.2) is 0 Å². The fourth-order valence-electron chi connectivity index (χ4n) is 3.87. The van der Waals surface area contributed by atoms with Crippen LogP contribution in [0.4, 0.5) is 10.5 Å². The Bertz CT molecular complexity index is 1040. The lowest BCUT2D eigenvalue weighted by atomic mass is 10.0. The smallest absolute Gasteiger partial charge is 0.409 e. The lowest BCUT2D eigenvalue weighted by Gasteiger charge is -2.34. The van der Waals surface area contributed by atoms with E-state index in [9.17, 15) is 9.59 Å². The van der Waals surface area contributed by atoms with E-state index in [0.29, 0.717) is 38.3 Å². The summed E-state index contributed by atoms with van der Waals surface area (Å²) in [5.41, 5.74) is 4.89. The van der Waals surface area contributed by atoms with Gasteiger partial charge in [0.1, 0.15) is 0 Å². The molecule has 6 nitrogen and oxygen atoms in total. The molecule has 2 aromatic carbocycles. The quantitative estimate of drug-likeness (QED) is 0.685. The number of fused-ring (bicyclic) bond motifs is 2. The highest BCUT2D eigenvalue weighted by Gasteiger charge is 2.26. The summed E-state index contributed by atoms with van der Waals surface area (Å²) in [6.45, 7) is 8.31. The number of hydrogen-bond donors (Lipinski definition) is 0. The van der Waals surface area contributed by atoms with Crippen LogP contribution >= 0.6 is 11.8 Å². The third kappa shape index (κ3) is 4.46. The van der Waals surface area contributed by atoms with Gasteiger partial charge in [-0.25, -0.2) is 4.79 Å². The predicted octanol–water partition coefficient (Wildman–Crippen LogP) is 4.90. The molecule has 0 aromatic heterocycles. The number of amides is 2. The molecule has 2 aromatic rings. The maximum atomic E-state index is 13.1. The Morgan fingerprint density at radius 1 is 1.00 bits per heavy atom. The first kappa shape index (κ1) is 21.4. The zero-order valence-corrected chi connectivity index (χ0v) is 19.0. The fraction of sp³-hybridized carbons (Fsp3) is 0.375. The highest BCUT2D eigenvalue weighted by molar-refractivity contribution is 7.99. The van der Waals surface area contributed by atoms with Gasteiger partial charge < -0.3 is 14.5 Å². The molecule has 2 aliphatic heterocycles. The van der Waals surface area contributed by atoms with E-state index in [0.717, 1.165) is 22.7 Å². The molecule has 31 heavy (non-hydrogen) atoms. The van der Waals surface area contributed by atoms with Gasteiger partial charge in [-0.2, -0.15) is 0 Å². The molecular weight excluding hydrogens is 410 g/mol. The van der Waals surface area contributed by atoms with E-state index < -0.39 is 0 Å². The molecule has 2 heterocycles. The number of aliphatic imine (C=N–C) groups is 1. The van der Waals surface area contributed by atoms with Gasteiger partial charge in [0.2, 0.25) is 0 Å². The van der Waals surface area contributed by atoms with Gasteiger partial charge >= 0.3 is 6.09 Å². The first-order chi connectivity index (χ1) is 15.0. The van der Waals surface area contributed by atoms with Crippen LogP contribution in [0.5, 0.6) is 0 Å². The van der Waals surface area contributed by atoms with Gasteiger partial charge in [-0.15, -0.1) is 0 Å². The Balaban J connectivity index is 1.55. The maximum absolute atomic E-state index is 13.1. The van der Waals surface area contributed by atoms with Gasteiger partial charge in [0.05, 0.1) is 12.3 Å². The molecule has 0 bridgehead atoms. The van der Waals surface area contributed by atoms with Crippen LogP contribution < -0.4 is 0 Å². The zero-order chi connectivity index (χ0) is 22.0. The summed E-state index contributed by atoms with van der Waals surface area (Å²) < 4.78 is 5.06. The number of aryl methyl sites for hydroxylation is 1. The van der Waals surface area contributed by atoms with Crippen LogP contribution in [0, 0.1) is 6.92 Å². The summed E-state index contributed by atoms with van der Waals surface area (Å²) in [5, 5.41) is 0. The average Bonchev–Trinajstić information content (AvgIpc) is 2.94. The van der Waals surface area contributed by atoms with Gasteiger partial charge in [0.25, 0.3) is 5.91 Å². The van der Waals surface area contributed by atoms with E-state index in [2.05, 4.69) is 32.0 Å². The van der Waals surface area contributed by atoms with E-state index in [1.165, 1.54) is 16.0 Å². The molecule has 0 spiro atoms. The van der Waals surface area contributed by atoms with Crippen LogP contribution in [0.2, 0.25) is 0 Å². The van der Waals surface area contributed by atoms with E-state index in [4.69, 9.17) is 9.73 Å². The van der Waals surface area contributed by atoms with E-state index in [1.807, 2.05) is 18.2 Å². The Hall–Kier alpha value is -2.80. The minimum atomic E-state index is -0.312. The highest BCUT2D eigenvalue weighted by Crippen LogP contribution is 2.41. The molecule has 0 unspecified atom stereocenters. The standard InChI is InChI=1S/C24H27N3O3S/c1-4-19-18-14-16(3)6-8-21(18)31-22-9-7-17(15-20(22)25-19)23(28)26-10-12-27(13-11-26)24(29)30-5-2/h6-9,14-15H,4-5,10-13H2,1-3H3. The molecule has 0 atom stereocenters. The molecule has 0 N–H and O–H groups in total. The van der Waals surface area contributed by atoms with E-state index >= 15 is 0 Å². The van der Waals surface area contributed by atoms with Crippen molar-refractivity contribution in [1.82, 2.24) is 9.80 Å². The van der Waals surface area contributed by atoms with Crippen LogP contribution in [-0.2, 0) is 4.74 Å². The van der Waals surface area contributed by atoms with Crippen molar-refractivity contribution in [2.75, 3.05) is 32.8 Å². The van der Waals surface area contributed by atoms with Crippen molar-refractivity contribution in [3.63, 3.8) is 0 Å². The Morgan fingerprint density at radius 2 is 1.71 bits per heavy atom. The fourth-order valence-corrected chi connectivity index (χ4v) is 4.87. The van der Waals surface area contributed by atoms with E-state index in [-0.39, 0.29) is 12.0 Å². The molecular formula is C24H27N3O3S. The third-order valence-corrected chi connectivity index (χ3v) is 6.70. The maximum Gasteiger partial charge on any atom is 0.409 e. The van der Waals surface area contributed by atoms with Crippen LogP contribution in [0.3, 0.4) is 0 Å². The average molecular weight is 438 g/mol. The Labute approximate surface area is 187 Å². The van der Waals surface area contributed by atoms with Crippen molar-refractivity contribution in [3.05, 3.63) is 53.1 Å². The third-order valence-electron chi connectivity index (χ3n) is 5.55. The molecule has 2 amide bonds. The van der Waals surface area contributed by atoms with Gasteiger partial charge in [-0.05, 0) is 50.6 Å². The normalized spacial score (nSPS) is 15.5. The number of hydrogen-bond acceptors (Lipinski definition) is 5. The topological polar surface area (TPSA) is 62.2 Å². The summed E-state index contributed by atoms with van der Waals surface area (Å²) >= 11 is 1.70. The monoisotopic (exact) mass is 437 g/mol. The highest BCUT2D eigenvalue weighted by atomic mass is 32.2. The zero-order valence-electron chi connectivity index (χ0n) is 18.2. The van der Waals surface area contributed by atoms with Crippen LogP contribution in [0.25, 0.3) is 0 Å². The van der Waals surface area contributed by atoms with Crippen molar-refractivity contribution in [2.24, 2.45) is 4.99 Å². The Morgan fingerprint density at radius 3 is 2.42 bits per heavy atom. The molecule has 0 radical (unpaired) electrons. The molecule has 1 fully saturated rings. The lowest BCUT2D eigenvalue weighted by molar-refractivity contribution is 0.0570. The van der Waals surface area contributed by atoms with Crippen molar-refractivity contribution in [2.45, 2.75) is 37.0 Å².